The molecule has 1 amide bonds. The second kappa shape index (κ2) is 5.92. The molecule has 1 aliphatic rings. The van der Waals surface area contributed by atoms with Gasteiger partial charge in [-0.3, -0.25) is 9.59 Å². The van der Waals surface area contributed by atoms with Crippen molar-refractivity contribution in [1.82, 2.24) is 9.88 Å². The van der Waals surface area contributed by atoms with Crippen LogP contribution in [0.25, 0.3) is 0 Å². The highest BCUT2D eigenvalue weighted by atomic mass is 32.2. The highest BCUT2D eigenvalue weighted by Gasteiger charge is 2.35. The van der Waals surface area contributed by atoms with E-state index in [1.807, 2.05) is 0 Å². The second-order valence-corrected chi connectivity index (χ2v) is 5.53. The molecule has 2 heterocycles. The predicted molar refractivity (Wildman–Crippen MR) is 67.8 cm³/mol. The summed E-state index contributed by atoms with van der Waals surface area (Å²) in [6.45, 7) is 0.208. The number of likely N-dealkylation sites (tertiary alicyclic amines) is 1. The van der Waals surface area contributed by atoms with E-state index in [0.717, 1.165) is 0 Å². The summed E-state index contributed by atoms with van der Waals surface area (Å²) in [5.41, 5.74) is -4.70. The molecule has 1 aliphatic heterocycles. The molecule has 1 atom stereocenters. The number of amides is 1. The minimum absolute atomic E-state index is 0.000808. The van der Waals surface area contributed by atoms with Gasteiger partial charge >= 0.3 is 11.5 Å². The van der Waals surface area contributed by atoms with E-state index in [2.05, 4.69) is 4.98 Å². The van der Waals surface area contributed by atoms with Crippen molar-refractivity contribution in [2.24, 2.45) is 5.92 Å². The normalized spacial score (nSPS) is 18.8. The molecule has 1 N–H and O–H groups in total. The number of thioether (sulfide) groups is 1. The highest BCUT2D eigenvalue weighted by Crippen LogP contribution is 2.37. The molecule has 1 aromatic rings. The largest absolute Gasteiger partial charge is 0.481 e. The second-order valence-electron chi connectivity index (χ2n) is 4.48. The number of carboxylic acids is 1. The molecule has 2 rings (SSSR count). The lowest BCUT2D eigenvalue weighted by molar-refractivity contribution is -0.141. The fourth-order valence-corrected chi connectivity index (χ4v) is 2.66. The number of hydrogen-bond donors (Lipinski definition) is 1. The predicted octanol–water partition coefficient (Wildman–Crippen LogP) is 2.24. The lowest BCUT2D eigenvalue weighted by Crippen LogP contribution is -2.30. The lowest BCUT2D eigenvalue weighted by atomic mass is 10.1. The van der Waals surface area contributed by atoms with Gasteiger partial charge in [0.25, 0.3) is 5.91 Å². The van der Waals surface area contributed by atoms with E-state index in [9.17, 15) is 22.8 Å². The lowest BCUT2D eigenvalue weighted by Gasteiger charge is -2.17. The quantitative estimate of drug-likeness (QED) is 0.865. The van der Waals surface area contributed by atoms with Gasteiger partial charge in [0.05, 0.1) is 11.5 Å². The molecule has 0 bridgehead atoms. The number of hydrogen-bond acceptors (Lipinski definition) is 4. The van der Waals surface area contributed by atoms with E-state index in [1.54, 1.807) is 0 Å². The van der Waals surface area contributed by atoms with E-state index in [4.69, 9.17) is 5.11 Å². The van der Waals surface area contributed by atoms with Crippen LogP contribution in [0.5, 0.6) is 0 Å². The SMILES string of the molecule is O=C(O)C1CCN(C(=O)c2cccnc2SC(F)(F)F)C1. The van der Waals surface area contributed by atoms with Crippen LogP contribution in [0.15, 0.2) is 23.4 Å². The van der Waals surface area contributed by atoms with Crippen molar-refractivity contribution in [2.45, 2.75) is 17.0 Å². The molecule has 1 unspecified atom stereocenters. The number of carboxylic acid groups (broad SMARTS) is 1. The minimum Gasteiger partial charge on any atom is -0.481 e. The standard InChI is InChI=1S/C12H11F3N2O3S/c13-12(14,15)21-9-8(2-1-4-16-9)10(18)17-5-3-7(6-17)11(19)20/h1-2,4,7H,3,5-6H2,(H,19,20). The zero-order valence-electron chi connectivity index (χ0n) is 10.6. The van der Waals surface area contributed by atoms with Gasteiger partial charge in [0.1, 0.15) is 5.03 Å². The van der Waals surface area contributed by atoms with Gasteiger partial charge in [-0.05, 0) is 18.6 Å². The number of halogens is 3. The molecule has 21 heavy (non-hydrogen) atoms. The average Bonchev–Trinajstić information content (AvgIpc) is 2.86. The maximum atomic E-state index is 12.5. The minimum atomic E-state index is -4.54. The zero-order valence-corrected chi connectivity index (χ0v) is 11.4. The molecule has 0 spiro atoms. The molecule has 114 valence electrons. The highest BCUT2D eigenvalue weighted by molar-refractivity contribution is 8.00. The number of nitrogens with zero attached hydrogens (tertiary/aromatic N) is 2. The maximum Gasteiger partial charge on any atom is 0.447 e. The number of aliphatic carboxylic acids is 1. The van der Waals surface area contributed by atoms with Gasteiger partial charge < -0.3 is 10.0 Å². The van der Waals surface area contributed by atoms with Crippen LogP contribution >= 0.6 is 11.8 Å². The van der Waals surface area contributed by atoms with Gasteiger partial charge in [-0.2, -0.15) is 13.2 Å². The smallest absolute Gasteiger partial charge is 0.447 e. The monoisotopic (exact) mass is 320 g/mol. The molecule has 5 nitrogen and oxygen atoms in total. The van der Waals surface area contributed by atoms with E-state index >= 15 is 0 Å². The fourth-order valence-electron chi connectivity index (χ4n) is 2.06. The molecule has 0 saturated carbocycles. The summed E-state index contributed by atoms with van der Waals surface area (Å²) >= 11 is -0.453. The first-order chi connectivity index (χ1) is 9.78. The van der Waals surface area contributed by atoms with E-state index in [1.165, 1.54) is 23.2 Å². The summed E-state index contributed by atoms with van der Waals surface area (Å²) in [5, 5.41) is 8.47. The van der Waals surface area contributed by atoms with Crippen molar-refractivity contribution >= 4 is 23.6 Å². The Morgan fingerprint density at radius 3 is 2.71 bits per heavy atom. The Balaban J connectivity index is 2.18. The summed E-state index contributed by atoms with van der Waals surface area (Å²) < 4.78 is 37.4. The third kappa shape index (κ3) is 3.87. The molecule has 1 aromatic heterocycles. The topological polar surface area (TPSA) is 70.5 Å². The fraction of sp³-hybridized carbons (Fsp3) is 0.417. The van der Waals surface area contributed by atoms with Crippen LogP contribution in [0.2, 0.25) is 0 Å². The number of carbonyl (C=O) groups is 2. The Morgan fingerprint density at radius 2 is 2.14 bits per heavy atom. The van der Waals surface area contributed by atoms with Gasteiger partial charge in [0.15, 0.2) is 0 Å². The van der Waals surface area contributed by atoms with Gasteiger partial charge in [0, 0.05) is 31.0 Å². The van der Waals surface area contributed by atoms with Crippen molar-refractivity contribution in [1.29, 1.82) is 0 Å². The van der Waals surface area contributed by atoms with Crippen LogP contribution in [0.4, 0.5) is 13.2 Å². The Bertz CT molecular complexity index is 565. The van der Waals surface area contributed by atoms with Crippen LogP contribution in [-0.4, -0.2) is 45.5 Å². The van der Waals surface area contributed by atoms with Crippen LogP contribution in [0.3, 0.4) is 0 Å². The van der Waals surface area contributed by atoms with Crippen LogP contribution < -0.4 is 0 Å². The first-order valence-electron chi connectivity index (χ1n) is 6.01. The summed E-state index contributed by atoms with van der Waals surface area (Å²) in [5.74, 6) is -2.32. The van der Waals surface area contributed by atoms with Gasteiger partial charge in [-0.25, -0.2) is 4.98 Å². The van der Waals surface area contributed by atoms with Crippen molar-refractivity contribution < 1.29 is 27.9 Å². The Morgan fingerprint density at radius 1 is 1.43 bits per heavy atom. The summed E-state index contributed by atoms with van der Waals surface area (Å²) in [7, 11) is 0. The van der Waals surface area contributed by atoms with Crippen molar-refractivity contribution in [2.75, 3.05) is 13.1 Å². The Hall–Kier alpha value is -1.77. The van der Waals surface area contributed by atoms with E-state index in [-0.39, 0.29) is 18.7 Å². The third-order valence-corrected chi connectivity index (χ3v) is 3.79. The summed E-state index contributed by atoms with van der Waals surface area (Å²) in [6, 6.07) is 2.63. The first kappa shape index (κ1) is 15.6. The van der Waals surface area contributed by atoms with Gasteiger partial charge in [-0.15, -0.1) is 0 Å². The van der Waals surface area contributed by atoms with Crippen LogP contribution in [0.1, 0.15) is 16.8 Å². The number of carbonyl (C=O) groups excluding carboxylic acids is 1. The van der Waals surface area contributed by atoms with Gasteiger partial charge in [-0.1, -0.05) is 0 Å². The zero-order chi connectivity index (χ0) is 15.6. The third-order valence-electron chi connectivity index (χ3n) is 3.04. The van der Waals surface area contributed by atoms with Crippen LogP contribution in [0, 0.1) is 5.92 Å². The Kier molecular flexibility index (Phi) is 4.40. The summed E-state index contributed by atoms with van der Waals surface area (Å²) in [6.07, 6.45) is 1.47. The Labute approximate surface area is 122 Å². The molecule has 1 fully saturated rings. The average molecular weight is 320 g/mol. The van der Waals surface area contributed by atoms with Crippen molar-refractivity contribution in [3.8, 4) is 0 Å². The molecule has 9 heteroatoms. The molecule has 0 aromatic carbocycles. The number of alkyl halides is 3. The van der Waals surface area contributed by atoms with Crippen molar-refractivity contribution in [3.63, 3.8) is 0 Å². The maximum absolute atomic E-state index is 12.5. The molecular formula is C12H11F3N2O3S. The number of pyridine rings is 1. The van der Waals surface area contributed by atoms with Crippen LogP contribution in [-0.2, 0) is 4.79 Å². The number of rotatable bonds is 3. The first-order valence-corrected chi connectivity index (χ1v) is 6.82. The van der Waals surface area contributed by atoms with Crippen molar-refractivity contribution in [3.05, 3.63) is 23.9 Å². The molecular weight excluding hydrogens is 309 g/mol. The molecule has 0 aliphatic carbocycles. The molecule has 1 saturated heterocycles. The van der Waals surface area contributed by atoms with E-state index < -0.39 is 40.1 Å². The van der Waals surface area contributed by atoms with Gasteiger partial charge in [0.2, 0.25) is 0 Å². The van der Waals surface area contributed by atoms with E-state index in [0.29, 0.717) is 6.42 Å². The number of aromatic nitrogens is 1. The summed E-state index contributed by atoms with van der Waals surface area (Å²) in [4.78, 5) is 27.9. The molecule has 0 radical (unpaired) electrons.